The summed E-state index contributed by atoms with van der Waals surface area (Å²) < 4.78 is 5.75. The monoisotopic (exact) mass is 410 g/mol. The number of aromatic nitrogens is 1. The Balaban J connectivity index is 0. The van der Waals surface area contributed by atoms with Gasteiger partial charge in [-0.15, -0.1) is 0 Å². The van der Waals surface area contributed by atoms with Gasteiger partial charge in [0.25, 0.3) is 0 Å². The lowest BCUT2D eigenvalue weighted by Crippen LogP contribution is -2.25. The number of ether oxygens (including phenoxy) is 1. The quantitative estimate of drug-likeness (QED) is 0.397. The van der Waals surface area contributed by atoms with Crippen LogP contribution in [0.2, 0.25) is 0 Å². The van der Waals surface area contributed by atoms with Gasteiger partial charge in [0.15, 0.2) is 0 Å². The van der Waals surface area contributed by atoms with Crippen LogP contribution in [0.15, 0.2) is 24.4 Å². The molecule has 0 saturated carbocycles. The number of nitrogens with one attached hydrogen (secondary N) is 1. The highest BCUT2D eigenvalue weighted by molar-refractivity contribution is 5.55. The van der Waals surface area contributed by atoms with Crippen molar-refractivity contribution in [3.8, 4) is 5.88 Å². The molecule has 0 fully saturated rings. The maximum atomic E-state index is 8.76. The number of rotatable bonds is 13. The number of pyridine rings is 1. The Morgan fingerprint density at radius 2 is 1.76 bits per heavy atom. The van der Waals surface area contributed by atoms with E-state index in [1.807, 2.05) is 26.0 Å². The van der Waals surface area contributed by atoms with Crippen molar-refractivity contribution in [2.75, 3.05) is 43.5 Å². The van der Waals surface area contributed by atoms with Gasteiger partial charge < -0.3 is 25.8 Å². The zero-order valence-corrected chi connectivity index (χ0v) is 19.8. The number of hydrogen-bond acceptors (Lipinski definition) is 6. The van der Waals surface area contributed by atoms with E-state index in [1.54, 1.807) is 0 Å². The maximum Gasteiger partial charge on any atom is 0.217 e. The summed E-state index contributed by atoms with van der Waals surface area (Å²) in [5.41, 5.74) is 7.90. The number of hydrogen-bond donors (Lipinski definition) is 3. The normalized spacial score (nSPS) is 9.48. The fourth-order valence-corrected chi connectivity index (χ4v) is 2.46. The molecule has 0 aliphatic rings. The van der Waals surface area contributed by atoms with Crippen LogP contribution >= 0.6 is 0 Å². The molecular formula is C23H46N4O2. The van der Waals surface area contributed by atoms with Gasteiger partial charge in [-0.25, -0.2) is 0 Å². The summed E-state index contributed by atoms with van der Waals surface area (Å²) in [7, 11) is 0. The third-order valence-corrected chi connectivity index (χ3v) is 3.52. The molecule has 1 rings (SSSR count). The molecule has 1 heterocycles. The second kappa shape index (κ2) is 20.8. The summed E-state index contributed by atoms with van der Waals surface area (Å²) in [5.74, 6) is 1.05. The average Bonchev–Trinajstić information content (AvgIpc) is 2.71. The molecule has 4 N–H and O–H groups in total. The van der Waals surface area contributed by atoms with Crippen molar-refractivity contribution in [2.24, 2.45) is 0 Å². The Kier molecular flexibility index (Phi) is 21.0. The Hall–Kier alpha value is -1.95. The van der Waals surface area contributed by atoms with Crippen molar-refractivity contribution in [1.29, 1.82) is 0 Å². The number of allylic oxidation sites excluding steroid dienone is 1. The molecule has 6 heteroatoms. The predicted octanol–water partition coefficient (Wildman–Crippen LogP) is 4.99. The van der Waals surface area contributed by atoms with Crippen LogP contribution in [0.4, 0.5) is 11.5 Å². The minimum Gasteiger partial charge on any atom is -0.478 e. The largest absolute Gasteiger partial charge is 0.478 e. The topological polar surface area (TPSA) is 83.6 Å². The maximum absolute atomic E-state index is 8.76. The molecule has 0 saturated heterocycles. The molecule has 0 atom stereocenters. The van der Waals surface area contributed by atoms with Gasteiger partial charge in [-0.1, -0.05) is 54.5 Å². The minimum absolute atomic E-state index is 0.109. The third kappa shape index (κ3) is 15.6. The minimum atomic E-state index is 0.109. The van der Waals surface area contributed by atoms with Crippen LogP contribution in [0.3, 0.4) is 0 Å². The molecule has 0 bridgehead atoms. The molecule has 6 nitrogen and oxygen atoms in total. The van der Waals surface area contributed by atoms with Gasteiger partial charge in [0, 0.05) is 43.2 Å². The first-order valence-electron chi connectivity index (χ1n) is 11.2. The van der Waals surface area contributed by atoms with Crippen LogP contribution < -0.4 is 20.7 Å². The molecule has 0 amide bonds. The van der Waals surface area contributed by atoms with Crippen LogP contribution in [-0.4, -0.2) is 42.9 Å². The van der Waals surface area contributed by atoms with Crippen LogP contribution in [0, 0.1) is 0 Å². The van der Waals surface area contributed by atoms with E-state index in [9.17, 15) is 0 Å². The van der Waals surface area contributed by atoms with Crippen LogP contribution in [0.25, 0.3) is 0 Å². The van der Waals surface area contributed by atoms with Crippen molar-refractivity contribution >= 4 is 11.5 Å². The molecule has 170 valence electrons. The van der Waals surface area contributed by atoms with E-state index in [1.165, 1.54) is 6.42 Å². The van der Waals surface area contributed by atoms with Gasteiger partial charge in [-0.3, -0.25) is 0 Å². The highest BCUT2D eigenvalue weighted by Gasteiger charge is 2.09. The standard InChI is InChI=1S/C18H32N4O2.C3H8.C2H6/c1-4-9-22(10-5-2)16-13-17(19)21-18(14-16)24-12-6-7-15(3)20-8-11-23;1-3-2;1-2/h13-14,20,23H,3-12H2,1-2H3,(H2,19,21);3H2,1-2H3;1-2H3. The Bertz CT molecular complexity index is 504. The fraction of sp³-hybridized carbons (Fsp3) is 0.696. The van der Waals surface area contributed by atoms with E-state index in [4.69, 9.17) is 15.6 Å². The zero-order valence-electron chi connectivity index (χ0n) is 19.8. The number of aliphatic hydroxyl groups is 1. The Labute approximate surface area is 179 Å². The molecule has 1 aromatic rings. The molecule has 0 spiro atoms. The van der Waals surface area contributed by atoms with Crippen LogP contribution in [-0.2, 0) is 0 Å². The number of nitrogens with two attached hydrogens (primary N) is 1. The molecule has 0 aliphatic heterocycles. The second-order valence-corrected chi connectivity index (χ2v) is 6.49. The van der Waals surface area contributed by atoms with Crippen molar-refractivity contribution in [3.63, 3.8) is 0 Å². The fourth-order valence-electron chi connectivity index (χ4n) is 2.46. The highest BCUT2D eigenvalue weighted by atomic mass is 16.5. The predicted molar refractivity (Wildman–Crippen MR) is 128 cm³/mol. The van der Waals surface area contributed by atoms with Gasteiger partial charge in [0.05, 0.1) is 13.2 Å². The zero-order chi connectivity index (χ0) is 22.5. The van der Waals surface area contributed by atoms with E-state index < -0.39 is 0 Å². The number of nitrogen functional groups attached to an aromatic ring is 1. The third-order valence-electron chi connectivity index (χ3n) is 3.52. The van der Waals surface area contributed by atoms with Gasteiger partial charge in [0.1, 0.15) is 5.82 Å². The molecule has 0 radical (unpaired) electrons. The summed E-state index contributed by atoms with van der Waals surface area (Å²) in [6.45, 7) is 19.7. The smallest absolute Gasteiger partial charge is 0.217 e. The van der Waals surface area contributed by atoms with Gasteiger partial charge in [-0.05, 0) is 25.7 Å². The van der Waals surface area contributed by atoms with E-state index >= 15 is 0 Å². The summed E-state index contributed by atoms with van der Waals surface area (Å²) in [5, 5.41) is 11.8. The lowest BCUT2D eigenvalue weighted by Gasteiger charge is -2.24. The molecular weight excluding hydrogens is 364 g/mol. The van der Waals surface area contributed by atoms with E-state index in [0.29, 0.717) is 24.8 Å². The number of aliphatic hydroxyl groups excluding tert-OH is 1. The second-order valence-electron chi connectivity index (χ2n) is 6.49. The summed E-state index contributed by atoms with van der Waals surface area (Å²) >= 11 is 0. The Morgan fingerprint density at radius 1 is 1.17 bits per heavy atom. The number of anilines is 2. The van der Waals surface area contributed by atoms with Crippen molar-refractivity contribution in [2.45, 2.75) is 73.6 Å². The molecule has 1 aromatic heterocycles. The number of nitrogens with zero attached hydrogens (tertiary/aromatic N) is 2. The van der Waals surface area contributed by atoms with E-state index in [-0.39, 0.29) is 6.61 Å². The first-order chi connectivity index (χ1) is 14.0. The summed E-state index contributed by atoms with van der Waals surface area (Å²) in [4.78, 5) is 6.57. The van der Waals surface area contributed by atoms with Crippen LogP contribution in [0.5, 0.6) is 5.88 Å². The Morgan fingerprint density at radius 3 is 2.28 bits per heavy atom. The van der Waals surface area contributed by atoms with Crippen molar-refractivity contribution in [3.05, 3.63) is 24.4 Å². The van der Waals surface area contributed by atoms with Crippen LogP contribution in [0.1, 0.15) is 73.6 Å². The molecule has 0 unspecified atom stereocenters. The molecule has 29 heavy (non-hydrogen) atoms. The first kappa shape index (κ1) is 29.3. The van der Waals surface area contributed by atoms with E-state index in [2.05, 4.69) is 49.5 Å². The summed E-state index contributed by atoms with van der Waals surface area (Å²) in [6, 6.07) is 3.86. The van der Waals surface area contributed by atoms with Gasteiger partial charge >= 0.3 is 0 Å². The first-order valence-corrected chi connectivity index (χ1v) is 11.2. The summed E-state index contributed by atoms with van der Waals surface area (Å²) in [6.07, 6.45) is 5.05. The van der Waals surface area contributed by atoms with E-state index in [0.717, 1.165) is 50.2 Å². The SMILES string of the molecule is C=C(CCCOc1cc(N(CCC)CCC)cc(N)n1)NCCO.CC.CCC. The van der Waals surface area contributed by atoms with Gasteiger partial charge in [-0.2, -0.15) is 4.98 Å². The van der Waals surface area contributed by atoms with Crippen molar-refractivity contribution in [1.82, 2.24) is 10.3 Å². The lowest BCUT2D eigenvalue weighted by atomic mass is 10.2. The molecule has 0 aliphatic carbocycles. The highest BCUT2D eigenvalue weighted by Crippen LogP contribution is 2.23. The molecule has 0 aromatic carbocycles. The van der Waals surface area contributed by atoms with Gasteiger partial charge in [0.2, 0.25) is 5.88 Å². The van der Waals surface area contributed by atoms with Crippen molar-refractivity contribution < 1.29 is 9.84 Å². The average molecular weight is 411 g/mol. The lowest BCUT2D eigenvalue weighted by molar-refractivity contribution is 0.290.